The summed E-state index contributed by atoms with van der Waals surface area (Å²) in [5.74, 6) is 0.0693. The molecule has 1 aromatic heterocycles. The van der Waals surface area contributed by atoms with E-state index in [1.165, 1.54) is 7.05 Å². The molecule has 144 valence electrons. The van der Waals surface area contributed by atoms with Crippen molar-refractivity contribution >= 4 is 17.4 Å². The fraction of sp³-hybridized carbons (Fsp3) is 0.474. The SMILES string of the molecule is Cn1c(=O)[nH]c(N2CCC3(CC2)OCCO3)c(Cc2cccc(Cl)c2)c1=O. The molecule has 27 heavy (non-hydrogen) atoms. The van der Waals surface area contributed by atoms with Gasteiger partial charge in [0.25, 0.3) is 5.56 Å². The summed E-state index contributed by atoms with van der Waals surface area (Å²) in [6.07, 6.45) is 1.79. The molecule has 0 unspecified atom stereocenters. The van der Waals surface area contributed by atoms with Gasteiger partial charge in [-0.1, -0.05) is 23.7 Å². The summed E-state index contributed by atoms with van der Waals surface area (Å²) in [4.78, 5) is 30.0. The molecule has 2 fully saturated rings. The number of rotatable bonds is 3. The number of hydrogen-bond donors (Lipinski definition) is 1. The molecule has 0 bridgehead atoms. The first kappa shape index (κ1) is 18.3. The molecule has 1 N–H and O–H groups in total. The largest absolute Gasteiger partial charge is 0.357 e. The summed E-state index contributed by atoms with van der Waals surface area (Å²) in [5.41, 5.74) is 0.772. The van der Waals surface area contributed by atoms with Crippen molar-refractivity contribution in [1.29, 1.82) is 0 Å². The Labute approximate surface area is 161 Å². The van der Waals surface area contributed by atoms with Gasteiger partial charge in [-0.15, -0.1) is 0 Å². The van der Waals surface area contributed by atoms with Crippen LogP contribution in [0.25, 0.3) is 0 Å². The average Bonchev–Trinajstić information content (AvgIpc) is 3.11. The highest BCUT2D eigenvalue weighted by molar-refractivity contribution is 6.30. The van der Waals surface area contributed by atoms with Gasteiger partial charge >= 0.3 is 5.69 Å². The number of H-pyrrole nitrogens is 1. The molecule has 0 aliphatic carbocycles. The summed E-state index contributed by atoms with van der Waals surface area (Å²) < 4.78 is 12.6. The number of halogens is 1. The van der Waals surface area contributed by atoms with E-state index in [2.05, 4.69) is 4.98 Å². The van der Waals surface area contributed by atoms with Gasteiger partial charge < -0.3 is 14.4 Å². The Morgan fingerprint density at radius 2 is 1.89 bits per heavy atom. The van der Waals surface area contributed by atoms with Crippen LogP contribution in [0.15, 0.2) is 33.9 Å². The lowest BCUT2D eigenvalue weighted by atomic mass is 10.0. The molecule has 0 atom stereocenters. The second kappa shape index (κ2) is 7.14. The maximum atomic E-state index is 12.8. The van der Waals surface area contributed by atoms with Crippen LogP contribution in [0, 0.1) is 0 Å². The zero-order valence-electron chi connectivity index (χ0n) is 15.2. The van der Waals surface area contributed by atoms with Gasteiger partial charge in [0.05, 0.1) is 18.8 Å². The Kier molecular flexibility index (Phi) is 4.84. The summed E-state index contributed by atoms with van der Waals surface area (Å²) in [6, 6.07) is 7.41. The number of hydrogen-bond acceptors (Lipinski definition) is 5. The third kappa shape index (κ3) is 3.54. The minimum absolute atomic E-state index is 0.289. The van der Waals surface area contributed by atoms with E-state index in [4.69, 9.17) is 21.1 Å². The third-order valence-electron chi connectivity index (χ3n) is 5.30. The molecule has 0 saturated carbocycles. The van der Waals surface area contributed by atoms with Crippen molar-refractivity contribution in [3.05, 3.63) is 61.3 Å². The number of nitrogens with zero attached hydrogens (tertiary/aromatic N) is 2. The standard InChI is InChI=1S/C19H22ClN3O4/c1-22-17(24)15(12-13-3-2-4-14(20)11-13)16(21-18(22)25)23-7-5-19(6-8-23)26-9-10-27-19/h2-4,11H,5-10,12H2,1H3,(H,21,25). The van der Waals surface area contributed by atoms with Crippen molar-refractivity contribution in [2.24, 2.45) is 7.05 Å². The van der Waals surface area contributed by atoms with Crippen LogP contribution in [0.3, 0.4) is 0 Å². The molecule has 3 heterocycles. The van der Waals surface area contributed by atoms with Crippen molar-refractivity contribution in [1.82, 2.24) is 9.55 Å². The molecular weight excluding hydrogens is 370 g/mol. The molecule has 7 nitrogen and oxygen atoms in total. The van der Waals surface area contributed by atoms with Crippen LogP contribution in [-0.2, 0) is 22.9 Å². The van der Waals surface area contributed by atoms with Crippen LogP contribution < -0.4 is 16.1 Å². The molecule has 2 aromatic rings. The Hall–Kier alpha value is -2.09. The molecule has 0 amide bonds. The molecule has 0 radical (unpaired) electrons. The van der Waals surface area contributed by atoms with Crippen molar-refractivity contribution in [3.8, 4) is 0 Å². The van der Waals surface area contributed by atoms with E-state index >= 15 is 0 Å². The van der Waals surface area contributed by atoms with Gasteiger partial charge in [0.2, 0.25) is 0 Å². The number of benzene rings is 1. The summed E-state index contributed by atoms with van der Waals surface area (Å²) >= 11 is 6.09. The maximum absolute atomic E-state index is 12.8. The van der Waals surface area contributed by atoms with Crippen LogP contribution in [-0.4, -0.2) is 41.6 Å². The second-order valence-corrected chi connectivity index (χ2v) is 7.46. The van der Waals surface area contributed by atoms with Crippen molar-refractivity contribution in [2.45, 2.75) is 25.0 Å². The lowest BCUT2D eigenvalue weighted by Crippen LogP contribution is -2.47. The molecule has 1 aromatic carbocycles. The molecule has 2 saturated heterocycles. The van der Waals surface area contributed by atoms with E-state index < -0.39 is 11.5 Å². The number of ether oxygens (including phenoxy) is 2. The highest BCUT2D eigenvalue weighted by Crippen LogP contribution is 2.33. The van der Waals surface area contributed by atoms with E-state index in [1.807, 2.05) is 23.1 Å². The van der Waals surface area contributed by atoms with Crippen LogP contribution in [0.4, 0.5) is 5.82 Å². The average molecular weight is 392 g/mol. The number of nitrogens with one attached hydrogen (secondary N) is 1. The lowest BCUT2D eigenvalue weighted by molar-refractivity contribution is -0.169. The van der Waals surface area contributed by atoms with Gasteiger partial charge in [0.1, 0.15) is 5.82 Å². The maximum Gasteiger partial charge on any atom is 0.329 e. The van der Waals surface area contributed by atoms with Crippen LogP contribution in [0.2, 0.25) is 5.02 Å². The molecule has 4 rings (SSSR count). The van der Waals surface area contributed by atoms with E-state index in [0.717, 1.165) is 10.1 Å². The fourth-order valence-electron chi connectivity index (χ4n) is 3.79. The van der Waals surface area contributed by atoms with Gasteiger partial charge in [-0.3, -0.25) is 14.3 Å². The first-order valence-electron chi connectivity index (χ1n) is 9.07. The molecule has 2 aliphatic rings. The van der Waals surface area contributed by atoms with Gasteiger partial charge in [-0.2, -0.15) is 0 Å². The summed E-state index contributed by atoms with van der Waals surface area (Å²) in [5, 5.41) is 0.616. The minimum atomic E-state index is -0.510. The van der Waals surface area contributed by atoms with E-state index in [-0.39, 0.29) is 5.56 Å². The lowest BCUT2D eigenvalue weighted by Gasteiger charge is -2.38. The smallest absolute Gasteiger partial charge is 0.329 e. The number of anilines is 1. The van der Waals surface area contributed by atoms with Crippen molar-refractivity contribution in [3.63, 3.8) is 0 Å². The molecule has 8 heteroatoms. The molecule has 2 aliphatic heterocycles. The normalized spacial score (nSPS) is 19.0. The third-order valence-corrected chi connectivity index (χ3v) is 5.54. The van der Waals surface area contributed by atoms with Crippen LogP contribution in [0.5, 0.6) is 0 Å². The minimum Gasteiger partial charge on any atom is -0.357 e. The van der Waals surface area contributed by atoms with Gasteiger partial charge in [0, 0.05) is 44.4 Å². The Balaban J connectivity index is 1.67. The van der Waals surface area contributed by atoms with Crippen LogP contribution in [0.1, 0.15) is 24.0 Å². The Morgan fingerprint density at radius 1 is 1.19 bits per heavy atom. The number of aromatic amines is 1. The van der Waals surface area contributed by atoms with E-state index in [9.17, 15) is 9.59 Å². The highest BCUT2D eigenvalue weighted by atomic mass is 35.5. The predicted octanol–water partition coefficient (Wildman–Crippen LogP) is 1.66. The van der Waals surface area contributed by atoms with Crippen molar-refractivity contribution in [2.75, 3.05) is 31.2 Å². The topological polar surface area (TPSA) is 76.6 Å². The van der Waals surface area contributed by atoms with Gasteiger partial charge in [-0.25, -0.2) is 4.79 Å². The highest BCUT2D eigenvalue weighted by Gasteiger charge is 2.40. The van der Waals surface area contributed by atoms with E-state index in [1.54, 1.807) is 6.07 Å². The molecular formula is C19H22ClN3O4. The molecule has 1 spiro atoms. The van der Waals surface area contributed by atoms with Crippen LogP contribution >= 0.6 is 11.6 Å². The van der Waals surface area contributed by atoms with Gasteiger partial charge in [0.15, 0.2) is 5.79 Å². The Morgan fingerprint density at radius 3 is 2.56 bits per heavy atom. The number of aromatic nitrogens is 2. The first-order valence-corrected chi connectivity index (χ1v) is 9.45. The zero-order valence-corrected chi connectivity index (χ0v) is 15.9. The first-order chi connectivity index (χ1) is 13.0. The Bertz CT molecular complexity index is 952. The monoisotopic (exact) mass is 391 g/mol. The fourth-order valence-corrected chi connectivity index (χ4v) is 4.01. The quantitative estimate of drug-likeness (QED) is 0.861. The van der Waals surface area contributed by atoms with E-state index in [0.29, 0.717) is 62.0 Å². The summed E-state index contributed by atoms with van der Waals surface area (Å²) in [7, 11) is 1.48. The second-order valence-electron chi connectivity index (χ2n) is 7.02. The zero-order chi connectivity index (χ0) is 19.0. The predicted molar refractivity (Wildman–Crippen MR) is 103 cm³/mol. The number of piperidine rings is 1. The van der Waals surface area contributed by atoms with Gasteiger partial charge in [-0.05, 0) is 17.7 Å². The summed E-state index contributed by atoms with van der Waals surface area (Å²) in [6.45, 7) is 2.52. The van der Waals surface area contributed by atoms with Crippen molar-refractivity contribution < 1.29 is 9.47 Å².